The van der Waals surface area contributed by atoms with Gasteiger partial charge in [-0.25, -0.2) is 0 Å². The lowest BCUT2D eigenvalue weighted by Gasteiger charge is -2.12. The van der Waals surface area contributed by atoms with E-state index in [0.717, 1.165) is 0 Å². The molecule has 1 N–H and O–H groups in total. The zero-order chi connectivity index (χ0) is 9.14. The predicted molar refractivity (Wildman–Crippen MR) is 53.4 cm³/mol. The average molecular weight is 163 g/mol. The quantitative estimate of drug-likeness (QED) is 0.706. The van der Waals surface area contributed by atoms with Gasteiger partial charge in [0.15, 0.2) is 0 Å². The molecule has 0 heterocycles. The van der Waals surface area contributed by atoms with Crippen LogP contribution in [0.4, 0.5) is 0 Å². The maximum absolute atomic E-state index is 3.24. The fourth-order valence-electron chi connectivity index (χ4n) is 1.43. The zero-order valence-electron chi connectivity index (χ0n) is 8.31. The molecule has 66 valence electrons. The molecule has 0 fully saturated rings. The van der Waals surface area contributed by atoms with Gasteiger partial charge >= 0.3 is 0 Å². The van der Waals surface area contributed by atoms with Crippen LogP contribution in [0.3, 0.4) is 0 Å². The lowest BCUT2D eigenvalue weighted by Crippen LogP contribution is -2.12. The van der Waals surface area contributed by atoms with Gasteiger partial charge in [0.25, 0.3) is 0 Å². The van der Waals surface area contributed by atoms with Crippen LogP contribution in [0.5, 0.6) is 0 Å². The van der Waals surface area contributed by atoms with Gasteiger partial charge in [-0.15, -0.1) is 0 Å². The molecule has 1 rings (SSSR count). The molecule has 1 nitrogen and oxygen atoms in total. The van der Waals surface area contributed by atoms with Gasteiger partial charge in [-0.3, -0.25) is 0 Å². The van der Waals surface area contributed by atoms with Gasteiger partial charge in [-0.1, -0.05) is 29.3 Å². The summed E-state index contributed by atoms with van der Waals surface area (Å²) in [5, 5.41) is 3.24. The second-order valence-corrected chi connectivity index (χ2v) is 3.43. The van der Waals surface area contributed by atoms with Crippen molar-refractivity contribution in [2.24, 2.45) is 0 Å². The molecule has 1 aromatic rings. The fourth-order valence-corrected chi connectivity index (χ4v) is 1.43. The number of rotatable bonds is 2. The summed E-state index contributed by atoms with van der Waals surface area (Å²) in [7, 11) is 1.99. The first kappa shape index (κ1) is 9.27. The number of hydrogen-bond donors (Lipinski definition) is 1. The van der Waals surface area contributed by atoms with Crippen LogP contribution in [0, 0.1) is 13.8 Å². The van der Waals surface area contributed by atoms with Gasteiger partial charge in [0, 0.05) is 6.04 Å². The second kappa shape index (κ2) is 3.72. The Labute approximate surface area is 74.8 Å². The van der Waals surface area contributed by atoms with Gasteiger partial charge in [-0.2, -0.15) is 0 Å². The van der Waals surface area contributed by atoms with Gasteiger partial charge < -0.3 is 5.32 Å². The number of aryl methyl sites for hydroxylation is 2. The van der Waals surface area contributed by atoms with Crippen LogP contribution >= 0.6 is 0 Å². The van der Waals surface area contributed by atoms with Crippen LogP contribution in [0.1, 0.15) is 29.7 Å². The van der Waals surface area contributed by atoms with E-state index in [-0.39, 0.29) is 0 Å². The molecule has 0 saturated carbocycles. The number of hydrogen-bond acceptors (Lipinski definition) is 1. The third-order valence-electron chi connectivity index (χ3n) is 2.18. The van der Waals surface area contributed by atoms with Crippen molar-refractivity contribution in [2.45, 2.75) is 26.8 Å². The Morgan fingerprint density at radius 1 is 1.08 bits per heavy atom. The summed E-state index contributed by atoms with van der Waals surface area (Å²) in [6.07, 6.45) is 0. The molecule has 0 aliphatic heterocycles. The first-order valence-corrected chi connectivity index (χ1v) is 4.39. The molecule has 0 bridgehead atoms. The molecule has 0 aliphatic rings. The predicted octanol–water partition coefficient (Wildman–Crippen LogP) is 2.58. The van der Waals surface area contributed by atoms with E-state index in [4.69, 9.17) is 0 Å². The van der Waals surface area contributed by atoms with Gasteiger partial charge in [-0.05, 0) is 33.4 Å². The summed E-state index contributed by atoms with van der Waals surface area (Å²) < 4.78 is 0. The molecule has 0 radical (unpaired) electrons. The minimum absolute atomic E-state index is 0.448. The minimum Gasteiger partial charge on any atom is -0.313 e. The first-order chi connectivity index (χ1) is 5.63. The second-order valence-electron chi connectivity index (χ2n) is 3.43. The summed E-state index contributed by atoms with van der Waals surface area (Å²) in [6, 6.07) is 7.11. The minimum atomic E-state index is 0.448. The molecule has 0 spiro atoms. The van der Waals surface area contributed by atoms with Crippen LogP contribution in [-0.4, -0.2) is 7.05 Å². The summed E-state index contributed by atoms with van der Waals surface area (Å²) in [5.41, 5.74) is 4.05. The van der Waals surface area contributed by atoms with Gasteiger partial charge in [0.05, 0.1) is 0 Å². The number of nitrogens with one attached hydrogen (secondary N) is 1. The van der Waals surface area contributed by atoms with Crippen molar-refractivity contribution in [1.29, 1.82) is 0 Å². The third-order valence-corrected chi connectivity index (χ3v) is 2.18. The summed E-state index contributed by atoms with van der Waals surface area (Å²) >= 11 is 0. The van der Waals surface area contributed by atoms with Crippen LogP contribution < -0.4 is 5.32 Å². The molecule has 1 atom stereocenters. The Hall–Kier alpha value is -0.820. The van der Waals surface area contributed by atoms with Crippen molar-refractivity contribution in [3.8, 4) is 0 Å². The molecule has 1 aromatic carbocycles. The van der Waals surface area contributed by atoms with E-state index < -0.39 is 0 Å². The Balaban J connectivity index is 3.00. The monoisotopic (exact) mass is 163 g/mol. The van der Waals surface area contributed by atoms with E-state index in [0.29, 0.717) is 6.04 Å². The third kappa shape index (κ3) is 2.08. The molecular formula is C11H17N. The maximum Gasteiger partial charge on any atom is 0.0289 e. The number of benzene rings is 1. The van der Waals surface area contributed by atoms with E-state index in [1.165, 1.54) is 16.7 Å². The molecule has 12 heavy (non-hydrogen) atoms. The van der Waals surface area contributed by atoms with Gasteiger partial charge in [0.1, 0.15) is 0 Å². The van der Waals surface area contributed by atoms with E-state index >= 15 is 0 Å². The normalized spacial score (nSPS) is 13.0. The summed E-state index contributed by atoms with van der Waals surface area (Å²) in [4.78, 5) is 0. The SMILES string of the molecule is CN[C@@H](C)c1cc(C)cc(C)c1. The Kier molecular flexibility index (Phi) is 2.88. The summed E-state index contributed by atoms with van der Waals surface area (Å²) in [6.45, 7) is 6.45. The maximum atomic E-state index is 3.24. The Bertz CT molecular complexity index is 245. The van der Waals surface area contributed by atoms with Crippen molar-refractivity contribution in [2.75, 3.05) is 7.05 Å². The largest absolute Gasteiger partial charge is 0.313 e. The topological polar surface area (TPSA) is 12.0 Å². The van der Waals surface area contributed by atoms with E-state index in [1.807, 2.05) is 7.05 Å². The highest BCUT2D eigenvalue weighted by Gasteiger charge is 2.02. The highest BCUT2D eigenvalue weighted by Crippen LogP contribution is 2.15. The molecule has 0 saturated heterocycles. The van der Waals surface area contributed by atoms with E-state index in [1.54, 1.807) is 0 Å². The Morgan fingerprint density at radius 2 is 1.58 bits per heavy atom. The lowest BCUT2D eigenvalue weighted by molar-refractivity contribution is 0.651. The smallest absolute Gasteiger partial charge is 0.0289 e. The molecule has 1 heteroatoms. The van der Waals surface area contributed by atoms with Crippen LogP contribution in [0.25, 0.3) is 0 Å². The standard InChI is InChI=1S/C11H17N/c1-8-5-9(2)7-11(6-8)10(3)12-4/h5-7,10,12H,1-4H3/t10-/m0/s1. The van der Waals surface area contributed by atoms with Crippen molar-refractivity contribution < 1.29 is 0 Å². The first-order valence-electron chi connectivity index (χ1n) is 4.39. The van der Waals surface area contributed by atoms with E-state index in [2.05, 4.69) is 44.3 Å². The molecule has 0 unspecified atom stereocenters. The molecule has 0 aromatic heterocycles. The van der Waals surface area contributed by atoms with Crippen LogP contribution in [0.15, 0.2) is 18.2 Å². The lowest BCUT2D eigenvalue weighted by atomic mass is 10.0. The van der Waals surface area contributed by atoms with Crippen LogP contribution in [0.2, 0.25) is 0 Å². The van der Waals surface area contributed by atoms with E-state index in [9.17, 15) is 0 Å². The van der Waals surface area contributed by atoms with Crippen molar-refractivity contribution in [1.82, 2.24) is 5.32 Å². The zero-order valence-corrected chi connectivity index (χ0v) is 8.31. The fraction of sp³-hybridized carbons (Fsp3) is 0.455. The molecule has 0 amide bonds. The van der Waals surface area contributed by atoms with Crippen molar-refractivity contribution in [3.05, 3.63) is 34.9 Å². The highest BCUT2D eigenvalue weighted by atomic mass is 14.8. The van der Waals surface area contributed by atoms with Crippen LogP contribution in [-0.2, 0) is 0 Å². The average Bonchev–Trinajstić information content (AvgIpc) is 2.01. The molecular weight excluding hydrogens is 146 g/mol. The Morgan fingerprint density at radius 3 is 2.00 bits per heavy atom. The highest BCUT2D eigenvalue weighted by molar-refractivity contribution is 5.30. The van der Waals surface area contributed by atoms with Crippen molar-refractivity contribution in [3.63, 3.8) is 0 Å². The molecule has 0 aliphatic carbocycles. The van der Waals surface area contributed by atoms with Gasteiger partial charge in [0.2, 0.25) is 0 Å². The summed E-state index contributed by atoms with van der Waals surface area (Å²) in [5.74, 6) is 0. The van der Waals surface area contributed by atoms with Crippen molar-refractivity contribution >= 4 is 0 Å².